The monoisotopic (exact) mass is 268 g/mol. The summed E-state index contributed by atoms with van der Waals surface area (Å²) in [5.41, 5.74) is -1.36. The molecule has 1 aliphatic rings. The first-order valence-electron chi connectivity index (χ1n) is 6.11. The van der Waals surface area contributed by atoms with E-state index in [1.165, 1.54) is 7.11 Å². The molecule has 0 radical (unpaired) electrons. The maximum atomic E-state index is 12.5. The molecule has 1 aliphatic carbocycles. The van der Waals surface area contributed by atoms with Gasteiger partial charge in [0.15, 0.2) is 0 Å². The summed E-state index contributed by atoms with van der Waals surface area (Å²) >= 11 is 0. The molecule has 0 saturated heterocycles. The van der Waals surface area contributed by atoms with E-state index in [1.54, 1.807) is 6.92 Å². The van der Waals surface area contributed by atoms with Gasteiger partial charge in [-0.25, -0.2) is 0 Å². The molecular formula is C12H19F3O3. The topological polar surface area (TPSA) is 46.5 Å². The molecule has 1 N–H and O–H groups in total. The number of ether oxygens (including phenoxy) is 1. The van der Waals surface area contributed by atoms with Crippen LogP contribution in [0.1, 0.15) is 39.0 Å². The molecule has 1 atom stereocenters. The van der Waals surface area contributed by atoms with Crippen LogP contribution in [0.25, 0.3) is 0 Å². The maximum Gasteiger partial charge on any atom is 0.391 e. The summed E-state index contributed by atoms with van der Waals surface area (Å²) in [5.74, 6) is -2.66. The predicted octanol–water partition coefficient (Wildman–Crippen LogP) is 2.67. The second-order valence-corrected chi connectivity index (χ2v) is 4.90. The van der Waals surface area contributed by atoms with Gasteiger partial charge < -0.3 is 9.84 Å². The fourth-order valence-corrected chi connectivity index (χ4v) is 2.70. The van der Waals surface area contributed by atoms with Crippen molar-refractivity contribution in [3.05, 3.63) is 0 Å². The van der Waals surface area contributed by atoms with Gasteiger partial charge in [0.1, 0.15) is 0 Å². The lowest BCUT2D eigenvalue weighted by atomic mass is 9.71. The van der Waals surface area contributed by atoms with Gasteiger partial charge in [0.05, 0.1) is 24.5 Å². The molecule has 0 aromatic carbocycles. The van der Waals surface area contributed by atoms with Gasteiger partial charge in [-0.3, -0.25) is 4.79 Å². The Morgan fingerprint density at radius 1 is 1.44 bits per heavy atom. The lowest BCUT2D eigenvalue weighted by Gasteiger charge is -2.40. The highest BCUT2D eigenvalue weighted by Crippen LogP contribution is 2.44. The van der Waals surface area contributed by atoms with Crippen LogP contribution >= 0.6 is 0 Å². The van der Waals surface area contributed by atoms with Crippen molar-refractivity contribution in [3.8, 4) is 0 Å². The van der Waals surface area contributed by atoms with Crippen LogP contribution in [-0.2, 0) is 9.53 Å². The van der Waals surface area contributed by atoms with Gasteiger partial charge >= 0.3 is 12.1 Å². The minimum absolute atomic E-state index is 0.00914. The Morgan fingerprint density at radius 3 is 2.28 bits per heavy atom. The zero-order valence-electron chi connectivity index (χ0n) is 10.6. The molecule has 1 fully saturated rings. The van der Waals surface area contributed by atoms with Gasteiger partial charge in [0.2, 0.25) is 0 Å². The Hall–Kier alpha value is -0.780. The Morgan fingerprint density at radius 2 is 1.94 bits per heavy atom. The van der Waals surface area contributed by atoms with Crippen LogP contribution < -0.4 is 0 Å². The zero-order chi connectivity index (χ0) is 14.0. The molecule has 0 amide bonds. The smallest absolute Gasteiger partial charge is 0.391 e. The highest BCUT2D eigenvalue weighted by Gasteiger charge is 2.49. The minimum Gasteiger partial charge on any atom is -0.469 e. The SMILES string of the molecule is CCC(C(=O)OC)C1(O)CCC(C(F)(F)F)CC1. The van der Waals surface area contributed by atoms with Crippen molar-refractivity contribution in [3.63, 3.8) is 0 Å². The number of halogens is 3. The number of hydrogen-bond acceptors (Lipinski definition) is 3. The molecule has 3 nitrogen and oxygen atoms in total. The van der Waals surface area contributed by atoms with E-state index in [2.05, 4.69) is 4.74 Å². The largest absolute Gasteiger partial charge is 0.469 e. The molecule has 1 unspecified atom stereocenters. The van der Waals surface area contributed by atoms with Crippen molar-refractivity contribution in [2.45, 2.75) is 50.8 Å². The molecule has 6 heteroatoms. The van der Waals surface area contributed by atoms with Crippen molar-refractivity contribution in [2.75, 3.05) is 7.11 Å². The Labute approximate surface area is 104 Å². The number of alkyl halides is 3. The number of rotatable bonds is 3. The van der Waals surface area contributed by atoms with Gasteiger partial charge in [-0.05, 0) is 32.1 Å². The van der Waals surface area contributed by atoms with Crippen LogP contribution in [0.15, 0.2) is 0 Å². The third kappa shape index (κ3) is 3.16. The summed E-state index contributed by atoms with van der Waals surface area (Å²) in [7, 11) is 1.22. The Kier molecular flexibility index (Phi) is 4.64. The van der Waals surface area contributed by atoms with E-state index in [4.69, 9.17) is 0 Å². The summed E-state index contributed by atoms with van der Waals surface area (Å²) in [4.78, 5) is 11.5. The molecule has 0 aromatic rings. The average molecular weight is 268 g/mol. The summed E-state index contributed by atoms with van der Waals surface area (Å²) in [6.07, 6.45) is -4.13. The Balaban J connectivity index is 2.71. The van der Waals surface area contributed by atoms with Crippen LogP contribution in [0.4, 0.5) is 13.2 Å². The number of carbonyl (C=O) groups is 1. The van der Waals surface area contributed by atoms with Crippen molar-refractivity contribution < 1.29 is 27.8 Å². The fraction of sp³-hybridized carbons (Fsp3) is 0.917. The fourth-order valence-electron chi connectivity index (χ4n) is 2.70. The molecule has 0 spiro atoms. The second kappa shape index (κ2) is 5.47. The van der Waals surface area contributed by atoms with Crippen molar-refractivity contribution in [1.82, 2.24) is 0 Å². The predicted molar refractivity (Wildman–Crippen MR) is 58.8 cm³/mol. The van der Waals surface area contributed by atoms with Gasteiger partial charge in [-0.15, -0.1) is 0 Å². The molecule has 18 heavy (non-hydrogen) atoms. The van der Waals surface area contributed by atoms with E-state index in [0.717, 1.165) is 0 Å². The van der Waals surface area contributed by atoms with E-state index < -0.39 is 29.6 Å². The first-order valence-corrected chi connectivity index (χ1v) is 6.11. The number of esters is 1. The molecule has 0 aromatic heterocycles. The van der Waals surface area contributed by atoms with E-state index in [1.807, 2.05) is 0 Å². The van der Waals surface area contributed by atoms with Crippen LogP contribution in [0.5, 0.6) is 0 Å². The highest BCUT2D eigenvalue weighted by molar-refractivity contribution is 5.73. The molecule has 0 heterocycles. The standard InChI is InChI=1S/C12H19F3O3/c1-3-9(10(16)18-2)11(17)6-4-8(5-7-11)12(13,14)15/h8-9,17H,3-7H2,1-2H3. The number of aliphatic hydroxyl groups is 1. The third-order valence-corrected chi connectivity index (χ3v) is 3.86. The summed E-state index contributed by atoms with van der Waals surface area (Å²) in [6.45, 7) is 1.72. The zero-order valence-corrected chi connectivity index (χ0v) is 10.6. The van der Waals surface area contributed by atoms with E-state index in [-0.39, 0.29) is 25.7 Å². The van der Waals surface area contributed by atoms with Crippen LogP contribution in [-0.4, -0.2) is 30.0 Å². The molecule has 106 valence electrons. The van der Waals surface area contributed by atoms with Gasteiger partial charge in [-0.1, -0.05) is 6.92 Å². The summed E-state index contributed by atoms with van der Waals surface area (Å²) < 4.78 is 42.2. The number of carbonyl (C=O) groups excluding carboxylic acids is 1. The molecular weight excluding hydrogens is 249 g/mol. The first-order chi connectivity index (χ1) is 8.24. The molecule has 1 rings (SSSR count). The normalized spacial score (nSPS) is 30.9. The van der Waals surface area contributed by atoms with Crippen LogP contribution in [0, 0.1) is 11.8 Å². The van der Waals surface area contributed by atoms with Crippen molar-refractivity contribution in [2.24, 2.45) is 11.8 Å². The molecule has 0 bridgehead atoms. The summed E-state index contributed by atoms with van der Waals surface area (Å²) in [6, 6.07) is 0. The maximum absolute atomic E-state index is 12.5. The van der Waals surface area contributed by atoms with E-state index in [9.17, 15) is 23.1 Å². The lowest BCUT2D eigenvalue weighted by molar-refractivity contribution is -0.198. The van der Waals surface area contributed by atoms with E-state index in [0.29, 0.717) is 6.42 Å². The third-order valence-electron chi connectivity index (χ3n) is 3.86. The number of hydrogen-bond donors (Lipinski definition) is 1. The van der Waals surface area contributed by atoms with Gasteiger partial charge in [0, 0.05) is 0 Å². The first kappa shape index (κ1) is 15.3. The van der Waals surface area contributed by atoms with E-state index >= 15 is 0 Å². The van der Waals surface area contributed by atoms with Crippen molar-refractivity contribution >= 4 is 5.97 Å². The van der Waals surface area contributed by atoms with Gasteiger partial charge in [-0.2, -0.15) is 13.2 Å². The number of methoxy groups -OCH3 is 1. The molecule has 1 saturated carbocycles. The average Bonchev–Trinajstić information content (AvgIpc) is 2.28. The molecule has 0 aliphatic heterocycles. The Bertz CT molecular complexity index is 293. The lowest BCUT2D eigenvalue weighted by Crippen LogP contribution is -2.47. The second-order valence-electron chi connectivity index (χ2n) is 4.90. The van der Waals surface area contributed by atoms with Crippen LogP contribution in [0.3, 0.4) is 0 Å². The van der Waals surface area contributed by atoms with Crippen LogP contribution in [0.2, 0.25) is 0 Å². The summed E-state index contributed by atoms with van der Waals surface area (Å²) in [5, 5.41) is 10.3. The van der Waals surface area contributed by atoms with Gasteiger partial charge in [0.25, 0.3) is 0 Å². The van der Waals surface area contributed by atoms with Crippen molar-refractivity contribution in [1.29, 1.82) is 0 Å². The quantitative estimate of drug-likeness (QED) is 0.800. The minimum atomic E-state index is -4.21. The highest BCUT2D eigenvalue weighted by atomic mass is 19.4.